The smallest absolute Gasteiger partial charge is 0.310 e. The predicted molar refractivity (Wildman–Crippen MR) is 115 cm³/mol. The molecular weight excluding hydrogens is 358 g/mol. The minimum atomic E-state index is -2.65. The first kappa shape index (κ1) is 21.1. The molecule has 1 fully saturated rings. The molecule has 3 rings (SSSR count). The molecule has 4 heteroatoms. The normalized spacial score (nSPS) is 23.2. The van der Waals surface area contributed by atoms with Crippen LogP contribution in [0.25, 0.3) is 0 Å². The number of benzene rings is 2. The zero-order chi connectivity index (χ0) is 19.2. The maximum atomic E-state index is 14.6. The monoisotopic (exact) mass is 389 g/mol. The number of hydrogen-bond acceptors (Lipinski definition) is 2. The van der Waals surface area contributed by atoms with Crippen LogP contribution in [0, 0.1) is 17.8 Å². The summed E-state index contributed by atoms with van der Waals surface area (Å²) in [5, 5.41) is 2.06. The van der Waals surface area contributed by atoms with E-state index in [1.165, 1.54) is 22.0 Å². The van der Waals surface area contributed by atoms with Gasteiger partial charge in [-0.2, -0.15) is 0 Å². The van der Waals surface area contributed by atoms with Gasteiger partial charge in [0.25, 0.3) is 0 Å². The predicted octanol–water partition coefficient (Wildman–Crippen LogP) is 5.67. The summed E-state index contributed by atoms with van der Waals surface area (Å²) >= 11 is 0. The van der Waals surface area contributed by atoms with E-state index in [2.05, 4.69) is 45.0 Å². The van der Waals surface area contributed by atoms with Crippen molar-refractivity contribution >= 4 is 26.9 Å². The highest BCUT2D eigenvalue weighted by molar-refractivity contribution is 7.79. The molecule has 26 heavy (non-hydrogen) atoms. The molecule has 0 heterocycles. The van der Waals surface area contributed by atoms with Gasteiger partial charge in [0.05, 0.1) is 0 Å². The van der Waals surface area contributed by atoms with Crippen molar-refractivity contribution in [3.63, 3.8) is 0 Å². The van der Waals surface area contributed by atoms with Crippen molar-refractivity contribution in [2.24, 2.45) is 17.8 Å². The Balaban J connectivity index is 0.00000117. The number of rotatable bonds is 4. The van der Waals surface area contributed by atoms with Gasteiger partial charge in [-0.1, -0.05) is 92.4 Å². The first-order valence-electron chi connectivity index (χ1n) is 9.48. The minimum Gasteiger partial charge on any atom is -0.313 e. The Kier molecular flexibility index (Phi) is 7.81. The van der Waals surface area contributed by atoms with E-state index < -0.39 is 7.14 Å². The molecule has 2 nitrogen and oxygen atoms in total. The Morgan fingerprint density at radius 2 is 1.35 bits per heavy atom. The number of hydrogen-bond donors (Lipinski definition) is 0. The second-order valence-corrected chi connectivity index (χ2v) is 10.7. The molecular formula is C22H31O2P2+. The van der Waals surface area contributed by atoms with Crippen molar-refractivity contribution < 1.29 is 9.13 Å². The molecule has 0 aromatic heterocycles. The molecule has 0 spiro atoms. The Hall–Kier alpha value is -1.23. The van der Waals surface area contributed by atoms with Crippen LogP contribution in [0.4, 0.5) is 0 Å². The highest BCUT2D eigenvalue weighted by atomic mass is 31.2. The summed E-state index contributed by atoms with van der Waals surface area (Å²) in [5.74, 6) is 1.77. The molecule has 1 aliphatic rings. The second kappa shape index (κ2) is 9.63. The average molecular weight is 389 g/mol. The molecule has 4 unspecified atom stereocenters. The molecule has 0 bridgehead atoms. The largest absolute Gasteiger partial charge is 0.313 e. The fraction of sp³-hybridized carbons (Fsp3) is 0.455. The maximum absolute atomic E-state index is 14.6. The van der Waals surface area contributed by atoms with Crippen molar-refractivity contribution in [1.29, 1.82) is 0 Å². The van der Waals surface area contributed by atoms with Gasteiger partial charge in [-0.3, -0.25) is 0 Å². The van der Waals surface area contributed by atoms with Gasteiger partial charge in [0.2, 0.25) is 0 Å². The molecule has 4 atom stereocenters. The van der Waals surface area contributed by atoms with Gasteiger partial charge in [-0.25, -0.2) is 0 Å². The standard InChI is InChI=1S/C22H29OP.H2OP/c1-17(2)21-15-14-18(3)16-22(21)24(23,19-10-6-4-7-11-19)20-12-8-5-9-13-20;1-2/h4-13,17-18,21-22H,14-16H2,1-3H3;2H2/q;+1. The fourth-order valence-corrected chi connectivity index (χ4v) is 8.38. The summed E-state index contributed by atoms with van der Waals surface area (Å²) in [7, 11) is -1.48. The van der Waals surface area contributed by atoms with Crippen LogP contribution in [0.2, 0.25) is 0 Å². The summed E-state index contributed by atoms with van der Waals surface area (Å²) in [6, 6.07) is 20.4. The third-order valence-electron chi connectivity index (χ3n) is 5.73. The summed E-state index contributed by atoms with van der Waals surface area (Å²) in [6.45, 7) is 6.92. The molecule has 2 aromatic carbocycles. The van der Waals surface area contributed by atoms with Crippen molar-refractivity contribution in [2.75, 3.05) is 0 Å². The van der Waals surface area contributed by atoms with E-state index in [1.807, 2.05) is 36.4 Å². The average Bonchev–Trinajstić information content (AvgIpc) is 2.70. The van der Waals surface area contributed by atoms with Crippen molar-refractivity contribution in [3.8, 4) is 0 Å². The summed E-state index contributed by atoms with van der Waals surface area (Å²) in [6.07, 6.45) is 3.54. The molecule has 0 aliphatic heterocycles. The lowest BCUT2D eigenvalue weighted by Gasteiger charge is -2.42. The third kappa shape index (κ3) is 4.36. The Morgan fingerprint density at radius 1 is 0.885 bits per heavy atom. The summed E-state index contributed by atoms with van der Waals surface area (Å²) < 4.78 is 22.8. The highest BCUT2D eigenvalue weighted by Gasteiger charge is 2.44. The van der Waals surface area contributed by atoms with E-state index in [4.69, 9.17) is 4.57 Å². The van der Waals surface area contributed by atoms with E-state index in [-0.39, 0.29) is 5.66 Å². The third-order valence-corrected chi connectivity index (χ3v) is 9.39. The first-order chi connectivity index (χ1) is 12.5. The zero-order valence-electron chi connectivity index (χ0n) is 16.0. The van der Waals surface area contributed by atoms with Crippen molar-refractivity contribution in [2.45, 2.75) is 45.7 Å². The van der Waals surface area contributed by atoms with Crippen LogP contribution < -0.4 is 10.6 Å². The van der Waals surface area contributed by atoms with E-state index in [0.717, 1.165) is 17.0 Å². The van der Waals surface area contributed by atoms with E-state index >= 15 is 0 Å². The maximum Gasteiger partial charge on any atom is 0.310 e. The van der Waals surface area contributed by atoms with Crippen LogP contribution in [0.3, 0.4) is 0 Å². The summed E-state index contributed by atoms with van der Waals surface area (Å²) in [4.78, 5) is 0. The van der Waals surface area contributed by atoms with Crippen molar-refractivity contribution in [3.05, 3.63) is 60.7 Å². The lowest BCUT2D eigenvalue weighted by atomic mass is 9.77. The topological polar surface area (TPSA) is 34.1 Å². The molecule has 0 radical (unpaired) electrons. The van der Waals surface area contributed by atoms with Gasteiger partial charge in [-0.05, 0) is 30.6 Å². The minimum absolute atomic E-state index is 0.256. The van der Waals surface area contributed by atoms with Crippen LogP contribution in [0.5, 0.6) is 0 Å². The van der Waals surface area contributed by atoms with Gasteiger partial charge in [-0.15, -0.1) is 0 Å². The lowest BCUT2D eigenvalue weighted by Crippen LogP contribution is -2.38. The molecule has 1 saturated carbocycles. The molecule has 0 N–H and O–H groups in total. The van der Waals surface area contributed by atoms with E-state index in [9.17, 15) is 4.57 Å². The molecule has 2 aromatic rings. The quantitative estimate of drug-likeness (QED) is 0.632. The van der Waals surface area contributed by atoms with Gasteiger partial charge in [0.15, 0.2) is 0 Å². The van der Waals surface area contributed by atoms with Crippen LogP contribution in [0.15, 0.2) is 60.7 Å². The Morgan fingerprint density at radius 3 is 1.77 bits per heavy atom. The molecule has 0 amide bonds. The Labute approximate surface area is 160 Å². The highest BCUT2D eigenvalue weighted by Crippen LogP contribution is 2.57. The van der Waals surface area contributed by atoms with Crippen molar-refractivity contribution in [1.82, 2.24) is 0 Å². The van der Waals surface area contributed by atoms with Gasteiger partial charge < -0.3 is 4.57 Å². The van der Waals surface area contributed by atoms with Crippen LogP contribution >= 0.6 is 16.3 Å². The molecule has 0 saturated heterocycles. The Bertz CT molecular complexity index is 672. The SMILES string of the molecule is CC1CCC(C(C)C)C(P(=O)(c2ccccc2)c2ccccc2)C1.O=[PH2+]. The van der Waals surface area contributed by atoms with Crippen LogP contribution in [-0.4, -0.2) is 5.66 Å². The van der Waals surface area contributed by atoms with E-state index in [0.29, 0.717) is 17.8 Å². The first-order valence-corrected chi connectivity index (χ1v) is 11.7. The molecule has 1 aliphatic carbocycles. The fourth-order valence-electron chi connectivity index (χ4n) is 4.40. The lowest BCUT2D eigenvalue weighted by molar-refractivity contribution is 0.238. The van der Waals surface area contributed by atoms with Gasteiger partial charge >= 0.3 is 9.12 Å². The zero-order valence-corrected chi connectivity index (χ0v) is 18.1. The van der Waals surface area contributed by atoms with Gasteiger partial charge in [0.1, 0.15) is 7.14 Å². The summed E-state index contributed by atoms with van der Waals surface area (Å²) in [5.41, 5.74) is 0.256. The van der Waals surface area contributed by atoms with Crippen LogP contribution in [0.1, 0.15) is 40.0 Å². The second-order valence-electron chi connectivity index (χ2n) is 7.72. The van der Waals surface area contributed by atoms with E-state index in [1.54, 1.807) is 0 Å². The van der Waals surface area contributed by atoms with Gasteiger partial charge in [0, 0.05) is 16.3 Å². The van der Waals surface area contributed by atoms with Crippen LogP contribution in [-0.2, 0) is 9.13 Å². The molecule has 140 valence electrons.